The molecule has 19 nitrogen and oxygen atoms in total. The van der Waals surface area contributed by atoms with E-state index >= 15 is 0 Å². The molecule has 372 valence electrons. The summed E-state index contributed by atoms with van der Waals surface area (Å²) in [6, 6.07) is 13.9. The van der Waals surface area contributed by atoms with E-state index in [4.69, 9.17) is 20.3 Å². The number of aromatic nitrogens is 6. The lowest BCUT2D eigenvalue weighted by atomic mass is 9.97. The number of carbonyl (C=O) groups excluding carboxylic acids is 1. The largest absolute Gasteiger partial charge is 0.478 e. The van der Waals surface area contributed by atoms with Gasteiger partial charge in [-0.25, -0.2) is 31.6 Å². The van der Waals surface area contributed by atoms with Crippen LogP contribution in [0.1, 0.15) is 116 Å². The number of anilines is 4. The Morgan fingerprint density at radius 1 is 0.667 bits per heavy atom. The quantitative estimate of drug-likeness (QED) is 0.111. The number of amides is 1. The first kappa shape index (κ1) is 52.1. The number of aryl methyl sites for hydroxylation is 4. The third-order valence-electron chi connectivity index (χ3n) is 12.2. The molecular formula is C48H66N12O7S2. The monoisotopic (exact) mass is 986 g/mol. The number of rotatable bonds is 10. The van der Waals surface area contributed by atoms with Crippen molar-refractivity contribution in [3.8, 4) is 0 Å². The fraction of sp³-hybridized carbons (Fsp3) is 0.458. The van der Waals surface area contributed by atoms with Crippen LogP contribution in [0, 0.1) is 41.5 Å². The Morgan fingerprint density at radius 3 is 1.62 bits per heavy atom. The molecule has 2 aliphatic heterocycles. The van der Waals surface area contributed by atoms with E-state index in [0.29, 0.717) is 23.8 Å². The standard InChI is InChI=1S/C24H32N6O3S.C15H23N5.C9H11NO4S/c1-15-10-11-19(27-34(6,32)33)18(13-15)24(31)29-12-8-7-9-21(29)20-14-22-25-17(3)16(2)23(28(4)5)30(22)26-20;1-10-11(2)17-14-9-13(12-7-5-6-8-16-12)18-20(14)15(10)19(3)4;1-6-3-4-8(10-15(2,13)14)7(5-6)9(11)12/h10-11,13-14,21,27H,7-9,12H2,1-6H3;9,12,16H,5-8H2,1-4H3;3-5,10H,1-2H3,(H,11,12)/t21-;12-;/m00./s1. The first-order valence-corrected chi connectivity index (χ1v) is 26.6. The number of hydrogen-bond donors (Lipinski definition) is 4. The zero-order valence-corrected chi connectivity index (χ0v) is 43.3. The highest BCUT2D eigenvalue weighted by Gasteiger charge is 2.33. The first-order valence-electron chi connectivity index (χ1n) is 22.9. The summed E-state index contributed by atoms with van der Waals surface area (Å²) in [4.78, 5) is 40.0. The van der Waals surface area contributed by atoms with Gasteiger partial charge in [-0.15, -0.1) is 0 Å². The SMILES string of the molecule is Cc1ccc(NS(C)(=O)=O)c(C(=O)N2CCCC[C@H]2c2cc3nc(C)c(C)c(N(C)C)n3n2)c1.Cc1ccc(NS(C)(=O)=O)c(C(=O)O)c1.Cc1nc2cc([C@@H]3CCCCN3)nn2c(N(C)C)c1C. The van der Waals surface area contributed by atoms with Gasteiger partial charge in [0.15, 0.2) is 11.3 Å². The Kier molecular flexibility index (Phi) is 15.9. The van der Waals surface area contributed by atoms with Gasteiger partial charge in [-0.05, 0) is 104 Å². The first-order chi connectivity index (χ1) is 32.3. The van der Waals surface area contributed by atoms with E-state index in [2.05, 4.69) is 58.7 Å². The average molecular weight is 987 g/mol. The number of sulfonamides is 2. The molecule has 0 saturated carbocycles. The molecule has 21 heteroatoms. The lowest BCUT2D eigenvalue weighted by Gasteiger charge is -2.35. The molecule has 2 aromatic carbocycles. The van der Waals surface area contributed by atoms with Crippen molar-refractivity contribution in [2.45, 2.75) is 92.2 Å². The van der Waals surface area contributed by atoms with Gasteiger partial charge in [0, 0.05) is 69.4 Å². The Bertz CT molecular complexity index is 3110. The Labute approximate surface area is 405 Å². The molecule has 0 aliphatic carbocycles. The highest BCUT2D eigenvalue weighted by molar-refractivity contribution is 7.92. The zero-order chi connectivity index (χ0) is 50.7. The van der Waals surface area contributed by atoms with Crippen LogP contribution in [0.15, 0.2) is 48.5 Å². The van der Waals surface area contributed by atoms with Crippen LogP contribution >= 0.6 is 0 Å². The summed E-state index contributed by atoms with van der Waals surface area (Å²) in [5, 5.41) is 22.1. The molecule has 0 spiro atoms. The summed E-state index contributed by atoms with van der Waals surface area (Å²) < 4.78 is 54.2. The number of carboxylic acids is 1. The van der Waals surface area contributed by atoms with Crippen molar-refractivity contribution in [1.82, 2.24) is 39.4 Å². The molecule has 2 saturated heterocycles. The number of likely N-dealkylation sites (tertiary alicyclic amines) is 1. The molecule has 69 heavy (non-hydrogen) atoms. The highest BCUT2D eigenvalue weighted by atomic mass is 32.2. The number of fused-ring (bicyclic) bond motifs is 2. The van der Waals surface area contributed by atoms with Crippen LogP contribution in [0.5, 0.6) is 0 Å². The summed E-state index contributed by atoms with van der Waals surface area (Å²) in [7, 11) is 1.08. The second kappa shape index (κ2) is 21.1. The van der Waals surface area contributed by atoms with Crippen molar-refractivity contribution in [3.63, 3.8) is 0 Å². The van der Waals surface area contributed by atoms with E-state index in [1.165, 1.54) is 37.0 Å². The van der Waals surface area contributed by atoms with Gasteiger partial charge in [0.1, 0.15) is 11.6 Å². The van der Waals surface area contributed by atoms with Crippen molar-refractivity contribution in [2.75, 3.05) is 73.0 Å². The number of carbonyl (C=O) groups is 2. The number of aromatic carboxylic acids is 1. The number of hydrogen-bond acceptors (Lipinski definition) is 13. The Balaban J connectivity index is 0.000000189. The van der Waals surface area contributed by atoms with Crippen LogP contribution in [0.4, 0.5) is 23.0 Å². The maximum absolute atomic E-state index is 13.8. The number of benzene rings is 2. The molecule has 0 bridgehead atoms. The fourth-order valence-electron chi connectivity index (χ4n) is 8.77. The van der Waals surface area contributed by atoms with E-state index in [1.54, 1.807) is 31.2 Å². The minimum atomic E-state index is -3.53. The third-order valence-corrected chi connectivity index (χ3v) is 13.3. The molecule has 4 N–H and O–H groups in total. The van der Waals surface area contributed by atoms with Gasteiger partial charge in [-0.3, -0.25) is 14.2 Å². The molecular weight excluding hydrogens is 921 g/mol. The molecule has 6 heterocycles. The molecule has 1 amide bonds. The van der Waals surface area contributed by atoms with Crippen molar-refractivity contribution in [1.29, 1.82) is 0 Å². The summed E-state index contributed by atoms with van der Waals surface area (Å²) in [6.07, 6.45) is 8.41. The van der Waals surface area contributed by atoms with Gasteiger partial charge < -0.3 is 25.1 Å². The average Bonchev–Trinajstić information content (AvgIpc) is 3.89. The van der Waals surface area contributed by atoms with E-state index in [1.807, 2.05) is 59.8 Å². The molecule has 2 fully saturated rings. The van der Waals surface area contributed by atoms with Crippen molar-refractivity contribution < 1.29 is 31.5 Å². The molecule has 4 aromatic heterocycles. The number of nitrogens with zero attached hydrogens (tertiary/aromatic N) is 9. The van der Waals surface area contributed by atoms with Gasteiger partial charge in [0.2, 0.25) is 20.0 Å². The molecule has 0 unspecified atom stereocenters. The molecule has 2 atom stereocenters. The third kappa shape index (κ3) is 12.5. The normalized spacial score (nSPS) is 16.3. The summed E-state index contributed by atoms with van der Waals surface area (Å²) in [5.74, 6) is 0.713. The van der Waals surface area contributed by atoms with Crippen LogP contribution in [-0.2, 0) is 20.0 Å². The van der Waals surface area contributed by atoms with Crippen molar-refractivity contribution >= 4 is 66.2 Å². The maximum Gasteiger partial charge on any atom is 0.337 e. The number of nitrogens with one attached hydrogen (secondary N) is 3. The fourth-order valence-corrected chi connectivity index (χ4v) is 9.93. The van der Waals surface area contributed by atoms with Gasteiger partial charge >= 0.3 is 5.97 Å². The smallest absolute Gasteiger partial charge is 0.337 e. The van der Waals surface area contributed by atoms with Crippen LogP contribution < -0.4 is 24.6 Å². The van der Waals surface area contributed by atoms with Crippen molar-refractivity contribution in [2.24, 2.45) is 0 Å². The lowest BCUT2D eigenvalue weighted by molar-refractivity contribution is 0.0606. The molecule has 6 aromatic rings. The molecule has 2 aliphatic rings. The number of carboxylic acid groups (broad SMARTS) is 1. The molecule has 0 radical (unpaired) electrons. The van der Waals surface area contributed by atoms with E-state index in [0.717, 1.165) is 101 Å². The van der Waals surface area contributed by atoms with Gasteiger partial charge in [0.25, 0.3) is 5.91 Å². The number of piperidine rings is 2. The second-order valence-electron chi connectivity index (χ2n) is 18.4. The summed E-state index contributed by atoms with van der Waals surface area (Å²) in [6.45, 7) is 13.5. The second-order valence-corrected chi connectivity index (χ2v) is 21.9. The highest BCUT2D eigenvalue weighted by Crippen LogP contribution is 2.35. The van der Waals surface area contributed by atoms with Crippen LogP contribution in [0.2, 0.25) is 0 Å². The van der Waals surface area contributed by atoms with Crippen LogP contribution in [-0.4, -0.2) is 122 Å². The van der Waals surface area contributed by atoms with Crippen LogP contribution in [0.25, 0.3) is 11.3 Å². The minimum absolute atomic E-state index is 0.0552. The van der Waals surface area contributed by atoms with Gasteiger partial charge in [-0.1, -0.05) is 29.7 Å². The predicted octanol–water partition coefficient (Wildman–Crippen LogP) is 6.75. The van der Waals surface area contributed by atoms with Gasteiger partial charge in [0.05, 0.1) is 58.5 Å². The minimum Gasteiger partial charge on any atom is -0.478 e. The van der Waals surface area contributed by atoms with E-state index < -0.39 is 26.0 Å². The van der Waals surface area contributed by atoms with Crippen molar-refractivity contribution in [3.05, 3.63) is 105 Å². The van der Waals surface area contributed by atoms with Crippen LogP contribution in [0.3, 0.4) is 0 Å². The zero-order valence-electron chi connectivity index (χ0n) is 41.7. The van der Waals surface area contributed by atoms with E-state index in [9.17, 15) is 26.4 Å². The summed E-state index contributed by atoms with van der Waals surface area (Å²) >= 11 is 0. The Hall–Kier alpha value is -6.32. The molecule has 8 rings (SSSR count). The van der Waals surface area contributed by atoms with E-state index in [-0.39, 0.29) is 23.2 Å². The maximum atomic E-state index is 13.8. The van der Waals surface area contributed by atoms with Gasteiger partial charge in [-0.2, -0.15) is 19.2 Å². The Morgan fingerprint density at radius 2 is 1.14 bits per heavy atom. The lowest BCUT2D eigenvalue weighted by Crippen LogP contribution is -2.39. The summed E-state index contributed by atoms with van der Waals surface area (Å²) in [5.41, 5.74) is 10.2. The predicted molar refractivity (Wildman–Crippen MR) is 272 cm³/mol. The topological polar surface area (TPSA) is 229 Å².